The Bertz CT molecular complexity index is 795. The summed E-state index contributed by atoms with van der Waals surface area (Å²) in [6.07, 6.45) is 3.34. The molecule has 0 saturated carbocycles. The average molecular weight is 373 g/mol. The van der Waals surface area contributed by atoms with Gasteiger partial charge in [-0.1, -0.05) is 0 Å². The van der Waals surface area contributed by atoms with Crippen molar-refractivity contribution < 1.29 is 14.3 Å². The lowest BCUT2D eigenvalue weighted by Crippen LogP contribution is -2.38. The summed E-state index contributed by atoms with van der Waals surface area (Å²) < 4.78 is 7.42. The third-order valence-corrected chi connectivity index (χ3v) is 4.56. The molecule has 0 bridgehead atoms. The number of nitrogens with zero attached hydrogens (tertiary/aromatic N) is 2. The van der Waals surface area contributed by atoms with Crippen LogP contribution in [0, 0.1) is 0 Å². The van der Waals surface area contributed by atoms with Gasteiger partial charge in [-0.15, -0.1) is 0 Å². The van der Waals surface area contributed by atoms with Gasteiger partial charge in [0, 0.05) is 49.9 Å². The van der Waals surface area contributed by atoms with Crippen molar-refractivity contribution in [2.75, 3.05) is 6.54 Å². The number of nitrogens with one attached hydrogen (secondary N) is 3. The van der Waals surface area contributed by atoms with E-state index in [0.29, 0.717) is 38.1 Å². The predicted molar refractivity (Wildman–Crippen MR) is 100 cm³/mol. The van der Waals surface area contributed by atoms with Crippen LogP contribution in [0.25, 0.3) is 0 Å². The maximum atomic E-state index is 12.5. The molecule has 0 aromatic carbocycles. The predicted octanol–water partition coefficient (Wildman–Crippen LogP) is 1.08. The Morgan fingerprint density at radius 2 is 2.26 bits per heavy atom. The summed E-state index contributed by atoms with van der Waals surface area (Å²) in [7, 11) is 1.77. The number of aryl methyl sites for hydroxylation is 2. The van der Waals surface area contributed by atoms with E-state index in [1.54, 1.807) is 11.7 Å². The smallest absolute Gasteiger partial charge is 0.270 e. The minimum atomic E-state index is -0.165. The maximum absolute atomic E-state index is 12.5. The second-order valence-electron chi connectivity index (χ2n) is 7.16. The zero-order valence-corrected chi connectivity index (χ0v) is 16.0. The Kier molecular flexibility index (Phi) is 5.95. The summed E-state index contributed by atoms with van der Waals surface area (Å²) in [5.74, 6) is -0.139. The van der Waals surface area contributed by atoms with Gasteiger partial charge in [-0.2, -0.15) is 5.10 Å². The van der Waals surface area contributed by atoms with Crippen molar-refractivity contribution in [3.05, 3.63) is 41.0 Å². The van der Waals surface area contributed by atoms with E-state index < -0.39 is 0 Å². The molecule has 0 saturated heterocycles. The van der Waals surface area contributed by atoms with Crippen LogP contribution in [0.2, 0.25) is 0 Å². The number of hydrogen-bond donors (Lipinski definition) is 3. The van der Waals surface area contributed by atoms with E-state index >= 15 is 0 Å². The molecule has 2 aromatic rings. The molecule has 0 spiro atoms. The zero-order chi connectivity index (χ0) is 19.4. The molecule has 3 heterocycles. The van der Waals surface area contributed by atoms with Gasteiger partial charge in [0.2, 0.25) is 5.91 Å². The lowest BCUT2D eigenvalue weighted by atomic mass is 10.0. The van der Waals surface area contributed by atoms with Crippen molar-refractivity contribution in [1.29, 1.82) is 0 Å². The van der Waals surface area contributed by atoms with Crippen molar-refractivity contribution >= 4 is 11.8 Å². The van der Waals surface area contributed by atoms with Gasteiger partial charge in [0.15, 0.2) is 0 Å². The van der Waals surface area contributed by atoms with E-state index in [-0.39, 0.29) is 24.0 Å². The number of rotatable bonds is 7. The summed E-state index contributed by atoms with van der Waals surface area (Å²) in [4.78, 5) is 27.6. The van der Waals surface area contributed by atoms with Gasteiger partial charge >= 0.3 is 0 Å². The Hall–Kier alpha value is -2.61. The van der Waals surface area contributed by atoms with Gasteiger partial charge in [0.1, 0.15) is 5.69 Å². The van der Waals surface area contributed by atoms with Crippen molar-refractivity contribution in [3.8, 4) is 0 Å². The molecule has 27 heavy (non-hydrogen) atoms. The SMILES string of the molecule is CC(C)NC(=O)c1c2c(nn1C)COC(CNC(=O)CCc1ccc[nH]1)C2. The first kappa shape index (κ1) is 19.2. The number of aromatic amines is 1. The molecule has 3 N–H and O–H groups in total. The molecule has 1 aliphatic rings. The van der Waals surface area contributed by atoms with Crippen LogP contribution in [0.4, 0.5) is 0 Å². The molecule has 0 radical (unpaired) electrons. The lowest BCUT2D eigenvalue weighted by Gasteiger charge is -2.23. The Labute approximate surface area is 158 Å². The van der Waals surface area contributed by atoms with Gasteiger partial charge in [-0.05, 0) is 32.4 Å². The number of H-pyrrole nitrogens is 1. The fourth-order valence-corrected chi connectivity index (χ4v) is 3.27. The van der Waals surface area contributed by atoms with Crippen LogP contribution < -0.4 is 10.6 Å². The molecule has 146 valence electrons. The van der Waals surface area contributed by atoms with Crippen molar-refractivity contribution in [3.63, 3.8) is 0 Å². The van der Waals surface area contributed by atoms with E-state index in [1.807, 2.05) is 32.2 Å². The van der Waals surface area contributed by atoms with Gasteiger partial charge in [-0.25, -0.2) is 0 Å². The van der Waals surface area contributed by atoms with Crippen LogP contribution in [0.3, 0.4) is 0 Å². The second-order valence-corrected chi connectivity index (χ2v) is 7.16. The Morgan fingerprint density at radius 1 is 1.44 bits per heavy atom. The third-order valence-electron chi connectivity index (χ3n) is 4.56. The van der Waals surface area contributed by atoms with Crippen LogP contribution in [-0.2, 0) is 36.0 Å². The first-order valence-electron chi connectivity index (χ1n) is 9.30. The third kappa shape index (κ3) is 4.77. The van der Waals surface area contributed by atoms with Gasteiger partial charge in [0.25, 0.3) is 5.91 Å². The molecule has 1 unspecified atom stereocenters. The maximum Gasteiger partial charge on any atom is 0.270 e. The molecular weight excluding hydrogens is 346 g/mol. The van der Waals surface area contributed by atoms with Crippen LogP contribution in [0.5, 0.6) is 0 Å². The van der Waals surface area contributed by atoms with E-state index in [1.165, 1.54) is 0 Å². The average Bonchev–Trinajstić information content (AvgIpc) is 3.23. The van der Waals surface area contributed by atoms with Gasteiger partial charge < -0.3 is 20.4 Å². The number of amides is 2. The van der Waals surface area contributed by atoms with Crippen LogP contribution in [-0.4, -0.2) is 45.3 Å². The molecular formula is C19H27N5O3. The second kappa shape index (κ2) is 8.39. The van der Waals surface area contributed by atoms with E-state index in [9.17, 15) is 9.59 Å². The van der Waals surface area contributed by atoms with E-state index in [4.69, 9.17) is 4.74 Å². The van der Waals surface area contributed by atoms with Gasteiger partial charge in [-0.3, -0.25) is 14.3 Å². The highest BCUT2D eigenvalue weighted by Gasteiger charge is 2.29. The van der Waals surface area contributed by atoms with E-state index in [2.05, 4.69) is 20.7 Å². The monoisotopic (exact) mass is 373 g/mol. The summed E-state index contributed by atoms with van der Waals surface area (Å²) in [5.41, 5.74) is 3.32. The molecule has 3 rings (SSSR count). The Morgan fingerprint density at radius 3 is 2.96 bits per heavy atom. The number of carbonyl (C=O) groups is 2. The number of carbonyl (C=O) groups excluding carboxylic acids is 2. The van der Waals surface area contributed by atoms with Crippen LogP contribution in [0.15, 0.2) is 18.3 Å². The number of fused-ring (bicyclic) bond motifs is 1. The van der Waals surface area contributed by atoms with Crippen molar-refractivity contribution in [2.24, 2.45) is 7.05 Å². The fraction of sp³-hybridized carbons (Fsp3) is 0.526. The first-order chi connectivity index (χ1) is 12.9. The highest BCUT2D eigenvalue weighted by Crippen LogP contribution is 2.23. The normalized spacial score (nSPS) is 16.2. The topological polar surface area (TPSA) is 101 Å². The molecule has 1 atom stereocenters. The van der Waals surface area contributed by atoms with Crippen molar-refractivity contribution in [2.45, 2.75) is 51.9 Å². The van der Waals surface area contributed by atoms with Crippen molar-refractivity contribution in [1.82, 2.24) is 25.4 Å². The quantitative estimate of drug-likeness (QED) is 0.676. The zero-order valence-electron chi connectivity index (χ0n) is 16.0. The Balaban J connectivity index is 1.55. The minimum absolute atomic E-state index is 0.0112. The first-order valence-corrected chi connectivity index (χ1v) is 9.30. The molecule has 2 amide bonds. The highest BCUT2D eigenvalue weighted by molar-refractivity contribution is 5.94. The molecule has 0 fully saturated rings. The molecule has 1 aliphatic heterocycles. The highest BCUT2D eigenvalue weighted by atomic mass is 16.5. The molecule has 2 aromatic heterocycles. The van der Waals surface area contributed by atoms with E-state index in [0.717, 1.165) is 17.0 Å². The fourth-order valence-electron chi connectivity index (χ4n) is 3.27. The largest absolute Gasteiger partial charge is 0.370 e. The number of aromatic nitrogens is 3. The standard InChI is InChI=1S/C19H27N5O3/c1-12(2)22-19(26)18-15-9-14(27-11-16(15)23-24(18)3)10-21-17(25)7-6-13-5-4-8-20-13/h4-5,8,12,14,20H,6-7,9-11H2,1-3H3,(H,21,25)(H,22,26). The lowest BCUT2D eigenvalue weighted by molar-refractivity contribution is -0.121. The summed E-state index contributed by atoms with van der Waals surface area (Å²) in [6.45, 7) is 4.62. The molecule has 8 heteroatoms. The summed E-state index contributed by atoms with van der Waals surface area (Å²) in [6, 6.07) is 3.94. The van der Waals surface area contributed by atoms with Crippen LogP contribution in [0.1, 0.15) is 47.7 Å². The summed E-state index contributed by atoms with van der Waals surface area (Å²) >= 11 is 0. The number of ether oxygens (including phenoxy) is 1. The molecule has 8 nitrogen and oxygen atoms in total. The molecule has 0 aliphatic carbocycles. The summed E-state index contributed by atoms with van der Waals surface area (Å²) in [5, 5.41) is 10.3. The van der Waals surface area contributed by atoms with Crippen LogP contribution >= 0.6 is 0 Å². The van der Waals surface area contributed by atoms with Gasteiger partial charge in [0.05, 0.1) is 18.4 Å². The minimum Gasteiger partial charge on any atom is -0.370 e. The number of hydrogen-bond acceptors (Lipinski definition) is 4.